The molecule has 2 amide bonds. The van der Waals surface area contributed by atoms with E-state index < -0.39 is 11.8 Å². The van der Waals surface area contributed by atoms with Crippen LogP contribution in [0.15, 0.2) is 24.3 Å². The van der Waals surface area contributed by atoms with Gasteiger partial charge < -0.3 is 10.6 Å². The number of hydrogen-bond acceptors (Lipinski definition) is 2. The second-order valence-electron chi connectivity index (χ2n) is 7.35. The number of nitrogens with one attached hydrogen (secondary N) is 2. The number of anilines is 1. The fraction of sp³-hybridized carbons (Fsp3) is 0.556. The summed E-state index contributed by atoms with van der Waals surface area (Å²) < 4.78 is 0. The third-order valence-corrected chi connectivity index (χ3v) is 4.85. The molecule has 23 heavy (non-hydrogen) atoms. The highest BCUT2D eigenvalue weighted by atomic mass is 35.5. The zero-order valence-electron chi connectivity index (χ0n) is 14.0. The van der Waals surface area contributed by atoms with E-state index in [4.69, 9.17) is 11.6 Å². The quantitative estimate of drug-likeness (QED) is 0.802. The van der Waals surface area contributed by atoms with Crippen molar-refractivity contribution in [3.05, 3.63) is 29.3 Å². The van der Waals surface area contributed by atoms with Gasteiger partial charge in [-0.1, -0.05) is 32.4 Å². The van der Waals surface area contributed by atoms with Gasteiger partial charge in [-0.25, -0.2) is 0 Å². The fourth-order valence-electron chi connectivity index (χ4n) is 3.08. The van der Waals surface area contributed by atoms with E-state index in [0.29, 0.717) is 22.0 Å². The van der Waals surface area contributed by atoms with Crippen molar-refractivity contribution in [3.8, 4) is 0 Å². The average Bonchev–Trinajstić information content (AvgIpc) is 2.49. The van der Waals surface area contributed by atoms with Gasteiger partial charge in [0.1, 0.15) is 0 Å². The van der Waals surface area contributed by atoms with Crippen LogP contribution in [0.3, 0.4) is 0 Å². The lowest BCUT2D eigenvalue weighted by atomic mass is 9.71. The summed E-state index contributed by atoms with van der Waals surface area (Å²) in [5.74, 6) is -0.525. The van der Waals surface area contributed by atoms with Crippen molar-refractivity contribution in [2.45, 2.75) is 52.5 Å². The number of carbonyl (C=O) groups excluding carboxylic acids is 2. The molecule has 2 rings (SSSR count). The van der Waals surface area contributed by atoms with E-state index in [1.165, 1.54) is 0 Å². The van der Waals surface area contributed by atoms with Crippen LogP contribution >= 0.6 is 11.6 Å². The van der Waals surface area contributed by atoms with Crippen LogP contribution in [0.2, 0.25) is 5.02 Å². The van der Waals surface area contributed by atoms with Crippen molar-refractivity contribution in [3.63, 3.8) is 0 Å². The SMILES string of the molecule is CC(C)(C)C1CCC(NC(=O)C(=O)Nc2ccc(Cl)cc2)CC1. The number of rotatable bonds is 2. The third-order valence-electron chi connectivity index (χ3n) is 4.60. The Kier molecular flexibility index (Phi) is 5.69. The van der Waals surface area contributed by atoms with E-state index >= 15 is 0 Å². The van der Waals surface area contributed by atoms with Crippen LogP contribution in [0.4, 0.5) is 5.69 Å². The Balaban J connectivity index is 1.80. The highest BCUT2D eigenvalue weighted by molar-refractivity contribution is 6.39. The second-order valence-corrected chi connectivity index (χ2v) is 7.79. The number of amides is 2. The van der Waals surface area contributed by atoms with E-state index in [1.807, 2.05) is 0 Å². The molecule has 0 heterocycles. The van der Waals surface area contributed by atoms with Gasteiger partial charge >= 0.3 is 11.8 Å². The van der Waals surface area contributed by atoms with Gasteiger partial charge in [-0.05, 0) is 61.3 Å². The monoisotopic (exact) mass is 336 g/mol. The van der Waals surface area contributed by atoms with Gasteiger partial charge in [0, 0.05) is 16.8 Å². The molecular formula is C18H25ClN2O2. The maximum atomic E-state index is 12.0. The van der Waals surface area contributed by atoms with Crippen LogP contribution in [-0.4, -0.2) is 17.9 Å². The van der Waals surface area contributed by atoms with Gasteiger partial charge in [0.2, 0.25) is 0 Å². The van der Waals surface area contributed by atoms with Gasteiger partial charge in [-0.15, -0.1) is 0 Å². The Morgan fingerprint density at radius 3 is 2.09 bits per heavy atom. The van der Waals surface area contributed by atoms with Crippen molar-refractivity contribution in [2.24, 2.45) is 11.3 Å². The molecule has 1 aliphatic rings. The van der Waals surface area contributed by atoms with Gasteiger partial charge in [0.15, 0.2) is 0 Å². The first kappa shape index (κ1) is 17.8. The molecule has 0 spiro atoms. The van der Waals surface area contributed by atoms with E-state index in [0.717, 1.165) is 25.7 Å². The maximum Gasteiger partial charge on any atom is 0.313 e. The Labute approximate surface area is 143 Å². The maximum absolute atomic E-state index is 12.0. The molecule has 0 aromatic heterocycles. The molecule has 1 saturated carbocycles. The van der Waals surface area contributed by atoms with Gasteiger partial charge in [0.05, 0.1) is 0 Å². The highest BCUT2D eigenvalue weighted by Gasteiger charge is 2.30. The summed E-state index contributed by atoms with van der Waals surface area (Å²) in [4.78, 5) is 24.0. The lowest BCUT2D eigenvalue weighted by Crippen LogP contribution is -2.44. The van der Waals surface area contributed by atoms with Crippen LogP contribution in [0.5, 0.6) is 0 Å². The van der Waals surface area contributed by atoms with Crippen LogP contribution in [-0.2, 0) is 9.59 Å². The first-order chi connectivity index (χ1) is 10.8. The first-order valence-electron chi connectivity index (χ1n) is 8.13. The molecule has 1 aliphatic carbocycles. The lowest BCUT2D eigenvalue weighted by molar-refractivity contribution is -0.136. The zero-order chi connectivity index (χ0) is 17.0. The third kappa shape index (κ3) is 5.24. The Bertz CT molecular complexity index is 555. The lowest BCUT2D eigenvalue weighted by Gasteiger charge is -2.37. The number of halogens is 1. The minimum absolute atomic E-state index is 0.0945. The van der Waals surface area contributed by atoms with Crippen LogP contribution in [0.1, 0.15) is 46.5 Å². The van der Waals surface area contributed by atoms with Crippen molar-refractivity contribution < 1.29 is 9.59 Å². The van der Waals surface area contributed by atoms with E-state index in [9.17, 15) is 9.59 Å². The molecule has 5 heteroatoms. The first-order valence-corrected chi connectivity index (χ1v) is 8.51. The smallest absolute Gasteiger partial charge is 0.313 e. The molecule has 0 unspecified atom stereocenters. The van der Waals surface area contributed by atoms with E-state index in [-0.39, 0.29) is 6.04 Å². The predicted octanol–water partition coefficient (Wildman–Crippen LogP) is 4.00. The standard InChI is InChI=1S/C18H25ClN2O2/c1-18(2,3)12-4-8-14(9-5-12)20-16(22)17(23)21-15-10-6-13(19)7-11-15/h6-7,10-12,14H,4-5,8-9H2,1-3H3,(H,20,22)(H,21,23). The predicted molar refractivity (Wildman–Crippen MR) is 93.4 cm³/mol. The molecule has 0 atom stereocenters. The summed E-state index contributed by atoms with van der Waals surface area (Å²) in [6.45, 7) is 6.78. The highest BCUT2D eigenvalue weighted by Crippen LogP contribution is 2.37. The minimum Gasteiger partial charge on any atom is -0.345 e. The molecule has 0 saturated heterocycles. The van der Waals surface area contributed by atoms with Crippen molar-refractivity contribution in [2.75, 3.05) is 5.32 Å². The van der Waals surface area contributed by atoms with Gasteiger partial charge in [0.25, 0.3) is 0 Å². The molecule has 1 fully saturated rings. The number of carbonyl (C=O) groups is 2. The van der Waals surface area contributed by atoms with Crippen molar-refractivity contribution in [1.82, 2.24) is 5.32 Å². The van der Waals surface area contributed by atoms with Crippen molar-refractivity contribution in [1.29, 1.82) is 0 Å². The van der Waals surface area contributed by atoms with Gasteiger partial charge in [-0.2, -0.15) is 0 Å². The Morgan fingerprint density at radius 1 is 1.00 bits per heavy atom. The summed E-state index contributed by atoms with van der Waals surface area (Å²) in [6, 6.07) is 6.77. The minimum atomic E-state index is -0.634. The van der Waals surface area contributed by atoms with Gasteiger partial charge in [-0.3, -0.25) is 9.59 Å². The molecule has 2 N–H and O–H groups in total. The number of hydrogen-bond donors (Lipinski definition) is 2. The second kappa shape index (κ2) is 7.35. The molecule has 1 aromatic carbocycles. The fourth-order valence-corrected chi connectivity index (χ4v) is 3.20. The van der Waals surface area contributed by atoms with Crippen LogP contribution in [0.25, 0.3) is 0 Å². The zero-order valence-corrected chi connectivity index (χ0v) is 14.7. The Hall–Kier alpha value is -1.55. The van der Waals surface area contributed by atoms with E-state index in [1.54, 1.807) is 24.3 Å². The topological polar surface area (TPSA) is 58.2 Å². The summed E-state index contributed by atoms with van der Waals surface area (Å²) in [5.41, 5.74) is 0.868. The van der Waals surface area contributed by atoms with Crippen LogP contribution in [0, 0.1) is 11.3 Å². The summed E-state index contributed by atoms with van der Waals surface area (Å²) in [5, 5.41) is 6.01. The molecule has 0 aliphatic heterocycles. The average molecular weight is 337 g/mol. The normalized spacial score (nSPS) is 21.6. The molecule has 1 aromatic rings. The number of benzene rings is 1. The largest absolute Gasteiger partial charge is 0.345 e. The van der Waals surface area contributed by atoms with E-state index in [2.05, 4.69) is 31.4 Å². The Morgan fingerprint density at radius 2 is 1.57 bits per heavy atom. The summed E-state index contributed by atoms with van der Waals surface area (Å²) >= 11 is 5.79. The molecule has 4 nitrogen and oxygen atoms in total. The molecule has 0 radical (unpaired) electrons. The summed E-state index contributed by atoms with van der Waals surface area (Å²) in [7, 11) is 0. The molecular weight excluding hydrogens is 312 g/mol. The molecule has 0 bridgehead atoms. The molecule has 126 valence electrons. The van der Waals surface area contributed by atoms with Crippen LogP contribution < -0.4 is 10.6 Å². The van der Waals surface area contributed by atoms with Crippen molar-refractivity contribution >= 4 is 29.1 Å². The summed E-state index contributed by atoms with van der Waals surface area (Å²) in [6.07, 6.45) is 4.05.